The van der Waals surface area contributed by atoms with Crippen LogP contribution < -0.4 is 5.32 Å². The van der Waals surface area contributed by atoms with Crippen LogP contribution in [0.5, 0.6) is 0 Å². The molecule has 2 aromatic heterocycles. The van der Waals surface area contributed by atoms with Crippen molar-refractivity contribution in [3.8, 4) is 0 Å². The van der Waals surface area contributed by atoms with E-state index in [9.17, 15) is 4.79 Å². The van der Waals surface area contributed by atoms with E-state index in [1.54, 1.807) is 17.5 Å². The zero-order valence-electron chi connectivity index (χ0n) is 13.1. The van der Waals surface area contributed by atoms with E-state index in [0.29, 0.717) is 18.9 Å². The number of nitrogens with one attached hydrogen (secondary N) is 1. The van der Waals surface area contributed by atoms with E-state index >= 15 is 0 Å². The van der Waals surface area contributed by atoms with E-state index in [-0.39, 0.29) is 5.91 Å². The van der Waals surface area contributed by atoms with Gasteiger partial charge in [-0.1, -0.05) is 0 Å². The molecule has 0 spiro atoms. The first-order chi connectivity index (χ1) is 10.6. The maximum atomic E-state index is 12.1. The predicted octanol–water partition coefficient (Wildman–Crippen LogP) is 2.35. The van der Waals surface area contributed by atoms with Crippen molar-refractivity contribution >= 4 is 17.2 Å². The zero-order valence-corrected chi connectivity index (χ0v) is 13.9. The number of hydrogen-bond donors (Lipinski definition) is 1. The van der Waals surface area contributed by atoms with Gasteiger partial charge in [0, 0.05) is 42.7 Å². The molecule has 1 atom stereocenters. The summed E-state index contributed by atoms with van der Waals surface area (Å²) in [5.74, 6) is 0.495. The third kappa shape index (κ3) is 3.38. The van der Waals surface area contributed by atoms with Crippen LogP contribution in [0.1, 0.15) is 46.5 Å². The maximum Gasteiger partial charge on any atom is 0.220 e. The number of aromatic nitrogens is 3. The Bertz CT molecular complexity index is 661. The van der Waals surface area contributed by atoms with Crippen LogP contribution in [-0.4, -0.2) is 27.2 Å². The molecule has 2 aromatic rings. The molecule has 3 rings (SSSR count). The zero-order chi connectivity index (χ0) is 15.5. The van der Waals surface area contributed by atoms with Crippen LogP contribution in [0.3, 0.4) is 0 Å². The molecule has 1 aliphatic rings. The molecule has 5 nitrogen and oxygen atoms in total. The minimum absolute atomic E-state index is 0.111. The van der Waals surface area contributed by atoms with Crippen LogP contribution in [0.4, 0.5) is 0 Å². The minimum atomic E-state index is 0.111. The Morgan fingerprint density at radius 1 is 1.55 bits per heavy atom. The van der Waals surface area contributed by atoms with Crippen LogP contribution >= 0.6 is 11.3 Å². The van der Waals surface area contributed by atoms with Crippen molar-refractivity contribution < 1.29 is 4.79 Å². The standard InChI is InChI=1S/C16H22N4OS/c1-11-19-16-12(4-3-5-14(16)22-11)10-17-15(21)7-6-13-8-9-18-20(13)2/h8-9,12H,3-7,10H2,1-2H3,(H,17,21)/t12-/m0/s1. The van der Waals surface area contributed by atoms with Gasteiger partial charge in [0.15, 0.2) is 0 Å². The van der Waals surface area contributed by atoms with Crippen LogP contribution in [0.15, 0.2) is 12.3 Å². The average molecular weight is 318 g/mol. The van der Waals surface area contributed by atoms with Gasteiger partial charge in [-0.2, -0.15) is 5.10 Å². The molecule has 0 saturated heterocycles. The van der Waals surface area contributed by atoms with Gasteiger partial charge < -0.3 is 5.32 Å². The molecular formula is C16H22N4OS. The van der Waals surface area contributed by atoms with E-state index in [2.05, 4.69) is 22.3 Å². The van der Waals surface area contributed by atoms with E-state index in [1.807, 2.05) is 17.8 Å². The number of aryl methyl sites for hydroxylation is 4. The summed E-state index contributed by atoms with van der Waals surface area (Å²) < 4.78 is 1.82. The number of fused-ring (bicyclic) bond motifs is 1. The summed E-state index contributed by atoms with van der Waals surface area (Å²) in [7, 11) is 1.90. The van der Waals surface area contributed by atoms with E-state index < -0.39 is 0 Å². The number of nitrogens with zero attached hydrogens (tertiary/aromatic N) is 3. The lowest BCUT2D eigenvalue weighted by molar-refractivity contribution is -0.121. The molecule has 0 aromatic carbocycles. The highest BCUT2D eigenvalue weighted by Gasteiger charge is 2.24. The van der Waals surface area contributed by atoms with Gasteiger partial charge in [0.2, 0.25) is 5.91 Å². The van der Waals surface area contributed by atoms with Gasteiger partial charge in [0.05, 0.1) is 10.7 Å². The summed E-state index contributed by atoms with van der Waals surface area (Å²) in [5, 5.41) is 8.34. The second kappa shape index (κ2) is 6.60. The SMILES string of the molecule is Cc1nc2c(s1)CCC[C@H]2CNC(=O)CCc1ccnn1C. The Balaban J connectivity index is 1.50. The summed E-state index contributed by atoms with van der Waals surface area (Å²) in [6, 6.07) is 1.96. The van der Waals surface area contributed by atoms with Gasteiger partial charge in [-0.25, -0.2) is 4.98 Å². The summed E-state index contributed by atoms with van der Waals surface area (Å²) in [4.78, 5) is 18.1. The molecule has 1 aliphatic carbocycles. The number of hydrogen-bond acceptors (Lipinski definition) is 4. The summed E-state index contributed by atoms with van der Waals surface area (Å²) in [6.07, 6.45) is 6.47. The van der Waals surface area contributed by atoms with Crippen LogP contribution in [0, 0.1) is 6.92 Å². The molecule has 118 valence electrons. The first-order valence-electron chi connectivity index (χ1n) is 7.83. The topological polar surface area (TPSA) is 59.8 Å². The molecule has 22 heavy (non-hydrogen) atoms. The summed E-state index contributed by atoms with van der Waals surface area (Å²) in [5.41, 5.74) is 2.31. The van der Waals surface area contributed by atoms with Crippen molar-refractivity contribution in [3.63, 3.8) is 0 Å². The van der Waals surface area contributed by atoms with Crippen molar-refractivity contribution in [2.75, 3.05) is 6.54 Å². The smallest absolute Gasteiger partial charge is 0.220 e. The average Bonchev–Trinajstić information content (AvgIpc) is 3.07. The fourth-order valence-electron chi connectivity index (χ4n) is 3.04. The molecule has 1 N–H and O–H groups in total. The molecule has 0 fully saturated rings. The van der Waals surface area contributed by atoms with Crippen LogP contribution in [0.2, 0.25) is 0 Å². The number of amides is 1. The lowest BCUT2D eigenvalue weighted by atomic mass is 9.91. The van der Waals surface area contributed by atoms with Crippen molar-refractivity contribution in [1.29, 1.82) is 0 Å². The van der Waals surface area contributed by atoms with E-state index in [4.69, 9.17) is 0 Å². The third-order valence-corrected chi connectivity index (χ3v) is 5.30. The van der Waals surface area contributed by atoms with E-state index in [0.717, 1.165) is 30.0 Å². The van der Waals surface area contributed by atoms with Crippen LogP contribution in [0.25, 0.3) is 0 Å². The lowest BCUT2D eigenvalue weighted by Crippen LogP contribution is -2.30. The quantitative estimate of drug-likeness (QED) is 0.920. The molecule has 0 saturated carbocycles. The Hall–Kier alpha value is -1.69. The van der Waals surface area contributed by atoms with Crippen molar-refractivity contribution in [1.82, 2.24) is 20.1 Å². The molecule has 0 unspecified atom stereocenters. The highest BCUT2D eigenvalue weighted by molar-refractivity contribution is 7.11. The first kappa shape index (κ1) is 15.2. The Morgan fingerprint density at radius 3 is 3.18 bits per heavy atom. The van der Waals surface area contributed by atoms with Gasteiger partial charge >= 0.3 is 0 Å². The molecule has 0 bridgehead atoms. The number of thiazole rings is 1. The van der Waals surface area contributed by atoms with E-state index in [1.165, 1.54) is 17.0 Å². The van der Waals surface area contributed by atoms with Crippen molar-refractivity contribution in [2.45, 2.75) is 44.9 Å². The summed E-state index contributed by atoms with van der Waals surface area (Å²) >= 11 is 1.80. The fraction of sp³-hybridized carbons (Fsp3) is 0.562. The van der Waals surface area contributed by atoms with Gasteiger partial charge in [0.1, 0.15) is 0 Å². The number of carbonyl (C=O) groups excluding carboxylic acids is 1. The maximum absolute atomic E-state index is 12.1. The molecule has 0 radical (unpaired) electrons. The second-order valence-electron chi connectivity index (χ2n) is 5.88. The Labute approximate surface area is 134 Å². The molecule has 0 aliphatic heterocycles. The van der Waals surface area contributed by atoms with Gasteiger partial charge in [-0.05, 0) is 38.7 Å². The van der Waals surface area contributed by atoms with Crippen LogP contribution in [-0.2, 0) is 24.7 Å². The van der Waals surface area contributed by atoms with Crippen molar-refractivity contribution in [2.24, 2.45) is 7.05 Å². The highest BCUT2D eigenvalue weighted by atomic mass is 32.1. The monoisotopic (exact) mass is 318 g/mol. The fourth-order valence-corrected chi connectivity index (χ4v) is 4.11. The third-order valence-electron chi connectivity index (χ3n) is 4.25. The minimum Gasteiger partial charge on any atom is -0.355 e. The van der Waals surface area contributed by atoms with Gasteiger partial charge in [-0.15, -0.1) is 11.3 Å². The molecule has 2 heterocycles. The number of rotatable bonds is 5. The molecule has 1 amide bonds. The Morgan fingerprint density at radius 2 is 2.41 bits per heavy atom. The lowest BCUT2D eigenvalue weighted by Gasteiger charge is -2.21. The van der Waals surface area contributed by atoms with Gasteiger partial charge in [-0.3, -0.25) is 9.48 Å². The highest BCUT2D eigenvalue weighted by Crippen LogP contribution is 2.34. The predicted molar refractivity (Wildman–Crippen MR) is 87.1 cm³/mol. The molecule has 6 heteroatoms. The largest absolute Gasteiger partial charge is 0.355 e. The van der Waals surface area contributed by atoms with Gasteiger partial charge in [0.25, 0.3) is 0 Å². The normalized spacial score (nSPS) is 17.3. The molecular weight excluding hydrogens is 296 g/mol. The van der Waals surface area contributed by atoms with Crippen molar-refractivity contribution in [3.05, 3.63) is 33.5 Å². The second-order valence-corrected chi connectivity index (χ2v) is 7.17. The number of carbonyl (C=O) groups is 1. The summed E-state index contributed by atoms with van der Waals surface area (Å²) in [6.45, 7) is 2.77. The Kier molecular flexibility index (Phi) is 4.57. The first-order valence-corrected chi connectivity index (χ1v) is 8.65.